The normalized spacial score (nSPS) is 21.4. The molecule has 6 heteroatoms. The third kappa shape index (κ3) is 3.63. The van der Waals surface area contributed by atoms with E-state index >= 15 is 0 Å². The zero-order valence-corrected chi connectivity index (χ0v) is 13.5. The molecule has 2 rings (SSSR count). The standard InChI is InChI=1S/C15H19BrN2O3/c1-17-15(21)12-8-18(7-11(12)9-19)14(20)6-10-4-2-3-5-13(10)16/h2-5,11-12,19H,6-9H2,1H3,(H,17,21)/t11-,12+/m0/s1. The van der Waals surface area contributed by atoms with E-state index in [1.165, 1.54) is 0 Å². The van der Waals surface area contributed by atoms with Crippen LogP contribution in [-0.2, 0) is 16.0 Å². The van der Waals surface area contributed by atoms with Crippen LogP contribution < -0.4 is 5.32 Å². The van der Waals surface area contributed by atoms with Crippen LogP contribution in [-0.4, -0.2) is 48.6 Å². The van der Waals surface area contributed by atoms with Crippen LogP contribution in [0.4, 0.5) is 0 Å². The molecule has 0 spiro atoms. The molecule has 0 aromatic heterocycles. The number of likely N-dealkylation sites (tertiary alicyclic amines) is 1. The molecule has 5 nitrogen and oxygen atoms in total. The number of carbonyl (C=O) groups excluding carboxylic acids is 2. The average Bonchev–Trinajstić information content (AvgIpc) is 2.93. The van der Waals surface area contributed by atoms with Gasteiger partial charge in [0.1, 0.15) is 0 Å². The van der Waals surface area contributed by atoms with Gasteiger partial charge in [-0.2, -0.15) is 0 Å². The molecule has 0 unspecified atom stereocenters. The molecular formula is C15H19BrN2O3. The fraction of sp³-hybridized carbons (Fsp3) is 0.467. The number of aliphatic hydroxyl groups excluding tert-OH is 1. The number of halogens is 1. The van der Waals surface area contributed by atoms with Gasteiger partial charge in [0, 0.05) is 37.1 Å². The lowest BCUT2D eigenvalue weighted by Gasteiger charge is -2.16. The molecule has 1 aliphatic rings. The van der Waals surface area contributed by atoms with E-state index in [2.05, 4.69) is 21.2 Å². The molecule has 21 heavy (non-hydrogen) atoms. The van der Waals surface area contributed by atoms with Gasteiger partial charge in [-0.25, -0.2) is 0 Å². The van der Waals surface area contributed by atoms with Crippen molar-refractivity contribution in [3.8, 4) is 0 Å². The lowest BCUT2D eigenvalue weighted by Crippen LogP contribution is -2.34. The van der Waals surface area contributed by atoms with Crippen molar-refractivity contribution in [3.63, 3.8) is 0 Å². The highest BCUT2D eigenvalue weighted by molar-refractivity contribution is 9.10. The summed E-state index contributed by atoms with van der Waals surface area (Å²) in [6.07, 6.45) is 0.292. The molecule has 2 atom stereocenters. The van der Waals surface area contributed by atoms with Crippen LogP contribution in [0, 0.1) is 11.8 Å². The van der Waals surface area contributed by atoms with Crippen LogP contribution >= 0.6 is 15.9 Å². The van der Waals surface area contributed by atoms with E-state index in [0.29, 0.717) is 19.5 Å². The lowest BCUT2D eigenvalue weighted by atomic mass is 9.96. The van der Waals surface area contributed by atoms with Crippen LogP contribution in [0.2, 0.25) is 0 Å². The van der Waals surface area contributed by atoms with Gasteiger partial charge in [0.15, 0.2) is 0 Å². The molecule has 0 radical (unpaired) electrons. The number of hydrogen-bond donors (Lipinski definition) is 2. The molecule has 2 N–H and O–H groups in total. The Morgan fingerprint density at radius 3 is 2.71 bits per heavy atom. The third-order valence-electron chi connectivity index (χ3n) is 3.91. The van der Waals surface area contributed by atoms with Gasteiger partial charge in [-0.15, -0.1) is 0 Å². The Morgan fingerprint density at radius 2 is 2.10 bits per heavy atom. The minimum absolute atomic E-state index is 0.0215. The van der Waals surface area contributed by atoms with Crippen molar-refractivity contribution in [2.24, 2.45) is 11.8 Å². The number of nitrogens with one attached hydrogen (secondary N) is 1. The summed E-state index contributed by atoms with van der Waals surface area (Å²) < 4.78 is 0.902. The molecule has 1 saturated heterocycles. The van der Waals surface area contributed by atoms with Crippen molar-refractivity contribution in [1.82, 2.24) is 10.2 Å². The average molecular weight is 355 g/mol. The maximum absolute atomic E-state index is 12.4. The molecule has 1 aromatic rings. The van der Waals surface area contributed by atoms with Crippen LogP contribution in [0.5, 0.6) is 0 Å². The number of benzene rings is 1. The van der Waals surface area contributed by atoms with E-state index in [1.54, 1.807) is 11.9 Å². The van der Waals surface area contributed by atoms with Crippen molar-refractivity contribution in [2.75, 3.05) is 26.7 Å². The maximum atomic E-state index is 12.4. The Morgan fingerprint density at radius 1 is 1.38 bits per heavy atom. The molecule has 2 amide bonds. The van der Waals surface area contributed by atoms with Gasteiger partial charge in [-0.3, -0.25) is 9.59 Å². The predicted molar refractivity (Wildman–Crippen MR) is 82.6 cm³/mol. The number of aliphatic hydroxyl groups is 1. The molecule has 1 heterocycles. The van der Waals surface area contributed by atoms with E-state index in [1.807, 2.05) is 24.3 Å². The zero-order valence-electron chi connectivity index (χ0n) is 11.9. The highest BCUT2D eigenvalue weighted by Crippen LogP contribution is 2.25. The van der Waals surface area contributed by atoms with Gasteiger partial charge in [0.2, 0.25) is 11.8 Å². The summed E-state index contributed by atoms with van der Waals surface area (Å²) in [6, 6.07) is 7.59. The van der Waals surface area contributed by atoms with E-state index in [-0.39, 0.29) is 30.3 Å². The summed E-state index contributed by atoms with van der Waals surface area (Å²) in [7, 11) is 1.57. The summed E-state index contributed by atoms with van der Waals surface area (Å²) in [4.78, 5) is 25.8. The summed E-state index contributed by atoms with van der Waals surface area (Å²) in [5, 5.41) is 12.0. The Hall–Kier alpha value is -1.40. The SMILES string of the molecule is CNC(=O)[C@@H]1CN(C(=O)Cc2ccccc2Br)C[C@H]1CO. The fourth-order valence-electron chi connectivity index (χ4n) is 2.66. The van der Waals surface area contributed by atoms with E-state index in [4.69, 9.17) is 0 Å². The van der Waals surface area contributed by atoms with E-state index < -0.39 is 0 Å². The largest absolute Gasteiger partial charge is 0.396 e. The second kappa shape index (κ2) is 7.04. The first kappa shape index (κ1) is 16.0. The van der Waals surface area contributed by atoms with Crippen molar-refractivity contribution in [3.05, 3.63) is 34.3 Å². The number of hydrogen-bond acceptors (Lipinski definition) is 3. The third-order valence-corrected chi connectivity index (χ3v) is 4.68. The summed E-state index contributed by atoms with van der Waals surface area (Å²) in [5.74, 6) is -0.659. The summed E-state index contributed by atoms with van der Waals surface area (Å²) in [5.41, 5.74) is 0.923. The molecule has 0 aliphatic carbocycles. The maximum Gasteiger partial charge on any atom is 0.227 e. The van der Waals surface area contributed by atoms with Crippen molar-refractivity contribution < 1.29 is 14.7 Å². The molecule has 0 bridgehead atoms. The van der Waals surface area contributed by atoms with Crippen LogP contribution in [0.15, 0.2) is 28.7 Å². The first-order valence-electron chi connectivity index (χ1n) is 6.90. The number of nitrogens with zero attached hydrogens (tertiary/aromatic N) is 1. The Balaban J connectivity index is 2.04. The first-order valence-corrected chi connectivity index (χ1v) is 7.69. The van der Waals surface area contributed by atoms with Crippen LogP contribution in [0.25, 0.3) is 0 Å². The predicted octanol–water partition coefficient (Wildman–Crippen LogP) is 0.804. The number of rotatable bonds is 4. The van der Waals surface area contributed by atoms with Gasteiger partial charge in [-0.1, -0.05) is 34.1 Å². The quantitative estimate of drug-likeness (QED) is 0.840. The zero-order chi connectivity index (χ0) is 15.4. The molecule has 114 valence electrons. The Kier molecular flexibility index (Phi) is 5.36. The Labute approximate surface area is 132 Å². The molecule has 1 aromatic carbocycles. The molecule has 1 fully saturated rings. The van der Waals surface area contributed by atoms with Gasteiger partial charge in [0.25, 0.3) is 0 Å². The second-order valence-corrected chi connectivity index (χ2v) is 6.08. The highest BCUT2D eigenvalue weighted by Gasteiger charge is 2.38. The van der Waals surface area contributed by atoms with Crippen LogP contribution in [0.1, 0.15) is 5.56 Å². The monoisotopic (exact) mass is 354 g/mol. The smallest absolute Gasteiger partial charge is 0.227 e. The number of carbonyl (C=O) groups is 2. The summed E-state index contributed by atoms with van der Waals surface area (Å²) in [6.45, 7) is 0.711. The minimum atomic E-state index is -0.330. The van der Waals surface area contributed by atoms with Gasteiger partial charge < -0.3 is 15.3 Å². The van der Waals surface area contributed by atoms with Gasteiger partial charge in [0.05, 0.1) is 12.3 Å². The fourth-order valence-corrected chi connectivity index (χ4v) is 3.08. The lowest BCUT2D eigenvalue weighted by molar-refractivity contribution is -0.130. The van der Waals surface area contributed by atoms with E-state index in [9.17, 15) is 14.7 Å². The van der Waals surface area contributed by atoms with Crippen molar-refractivity contribution >= 4 is 27.7 Å². The minimum Gasteiger partial charge on any atom is -0.396 e. The molecule has 1 aliphatic heterocycles. The highest BCUT2D eigenvalue weighted by atomic mass is 79.9. The molecular weight excluding hydrogens is 336 g/mol. The van der Waals surface area contributed by atoms with Gasteiger partial charge in [-0.05, 0) is 11.6 Å². The second-order valence-electron chi connectivity index (χ2n) is 5.23. The number of amides is 2. The molecule has 0 saturated carbocycles. The van der Waals surface area contributed by atoms with Gasteiger partial charge >= 0.3 is 0 Å². The van der Waals surface area contributed by atoms with Crippen molar-refractivity contribution in [2.45, 2.75) is 6.42 Å². The summed E-state index contributed by atoms with van der Waals surface area (Å²) >= 11 is 3.43. The van der Waals surface area contributed by atoms with E-state index in [0.717, 1.165) is 10.0 Å². The topological polar surface area (TPSA) is 69.6 Å². The Bertz CT molecular complexity index is 535. The van der Waals surface area contributed by atoms with Crippen molar-refractivity contribution in [1.29, 1.82) is 0 Å². The van der Waals surface area contributed by atoms with Crippen LogP contribution in [0.3, 0.4) is 0 Å². The first-order chi connectivity index (χ1) is 10.1.